The molecule has 0 fully saturated rings. The second-order valence-electron chi connectivity index (χ2n) is 4.41. The van der Waals surface area contributed by atoms with Crippen molar-refractivity contribution in [3.63, 3.8) is 0 Å². The predicted octanol–water partition coefficient (Wildman–Crippen LogP) is 1.71. The van der Waals surface area contributed by atoms with Gasteiger partial charge in [0, 0.05) is 18.4 Å². The van der Waals surface area contributed by atoms with Crippen molar-refractivity contribution in [3.05, 3.63) is 65.5 Å². The number of rotatable bonds is 4. The van der Waals surface area contributed by atoms with Crippen molar-refractivity contribution in [3.8, 4) is 0 Å². The van der Waals surface area contributed by atoms with Crippen LogP contribution in [-0.4, -0.2) is 10.9 Å². The molecule has 19 heavy (non-hydrogen) atoms. The number of nitrogens with one attached hydrogen (secondary N) is 1. The largest absolute Gasteiger partial charge is 0.350 e. The molecule has 1 atom stereocenters. The molecular weight excluding hydrogens is 238 g/mol. The lowest BCUT2D eigenvalue weighted by Gasteiger charge is -2.12. The van der Waals surface area contributed by atoms with E-state index in [-0.39, 0.29) is 5.91 Å². The summed E-state index contributed by atoms with van der Waals surface area (Å²) in [5, 5.41) is 2.81. The van der Waals surface area contributed by atoms with Gasteiger partial charge < -0.3 is 11.1 Å². The summed E-state index contributed by atoms with van der Waals surface area (Å²) in [6.45, 7) is 2.36. The van der Waals surface area contributed by atoms with Gasteiger partial charge in [-0.1, -0.05) is 36.4 Å². The Morgan fingerprint density at radius 3 is 2.63 bits per heavy atom. The third-order valence-electron chi connectivity index (χ3n) is 2.88. The van der Waals surface area contributed by atoms with Crippen LogP contribution in [0.3, 0.4) is 0 Å². The standard InChI is InChI=1S/C15H17N3O/c1-11-7-8-12(9-17-11)10-18-15(19)14(16)13-5-3-2-4-6-13/h2-9,14H,10,16H2,1H3,(H,18,19)/t14-/m1/s1. The third-order valence-corrected chi connectivity index (χ3v) is 2.88. The molecule has 0 radical (unpaired) electrons. The van der Waals surface area contributed by atoms with E-state index in [2.05, 4.69) is 10.3 Å². The molecule has 0 bridgehead atoms. The molecule has 0 aliphatic heterocycles. The first-order chi connectivity index (χ1) is 9.16. The highest BCUT2D eigenvalue weighted by Crippen LogP contribution is 2.09. The molecule has 1 heterocycles. The molecule has 3 N–H and O–H groups in total. The van der Waals surface area contributed by atoms with E-state index in [1.807, 2.05) is 49.4 Å². The first kappa shape index (κ1) is 13.2. The minimum Gasteiger partial charge on any atom is -0.350 e. The van der Waals surface area contributed by atoms with Gasteiger partial charge in [-0.15, -0.1) is 0 Å². The predicted molar refractivity (Wildman–Crippen MR) is 74.2 cm³/mol. The number of aromatic nitrogens is 1. The van der Waals surface area contributed by atoms with Gasteiger partial charge in [0.1, 0.15) is 6.04 Å². The summed E-state index contributed by atoms with van der Waals surface area (Å²) in [4.78, 5) is 16.1. The monoisotopic (exact) mass is 255 g/mol. The van der Waals surface area contributed by atoms with Crippen molar-refractivity contribution in [1.82, 2.24) is 10.3 Å². The van der Waals surface area contributed by atoms with Crippen LogP contribution in [0.15, 0.2) is 48.7 Å². The van der Waals surface area contributed by atoms with E-state index in [9.17, 15) is 4.79 Å². The van der Waals surface area contributed by atoms with Gasteiger partial charge in [0.25, 0.3) is 0 Å². The van der Waals surface area contributed by atoms with Gasteiger partial charge >= 0.3 is 0 Å². The van der Waals surface area contributed by atoms with Crippen molar-refractivity contribution < 1.29 is 4.79 Å². The zero-order valence-corrected chi connectivity index (χ0v) is 10.8. The average molecular weight is 255 g/mol. The minimum absolute atomic E-state index is 0.188. The molecule has 0 unspecified atom stereocenters. The number of benzene rings is 1. The fourth-order valence-corrected chi connectivity index (χ4v) is 1.71. The van der Waals surface area contributed by atoms with Crippen molar-refractivity contribution in [2.75, 3.05) is 0 Å². The second kappa shape index (κ2) is 6.11. The summed E-state index contributed by atoms with van der Waals surface area (Å²) in [6.07, 6.45) is 1.75. The number of nitrogens with zero attached hydrogens (tertiary/aromatic N) is 1. The SMILES string of the molecule is Cc1ccc(CNC(=O)[C@H](N)c2ccccc2)cn1. The highest BCUT2D eigenvalue weighted by Gasteiger charge is 2.14. The zero-order valence-electron chi connectivity index (χ0n) is 10.8. The molecule has 1 amide bonds. The minimum atomic E-state index is -0.639. The van der Waals surface area contributed by atoms with E-state index in [1.54, 1.807) is 6.20 Å². The van der Waals surface area contributed by atoms with Gasteiger partial charge in [-0.25, -0.2) is 0 Å². The van der Waals surface area contributed by atoms with Crippen LogP contribution in [0.2, 0.25) is 0 Å². The maximum absolute atomic E-state index is 11.9. The van der Waals surface area contributed by atoms with Gasteiger partial charge in [0.15, 0.2) is 0 Å². The molecule has 1 aromatic heterocycles. The molecule has 4 heteroatoms. The van der Waals surface area contributed by atoms with Crippen LogP contribution in [0, 0.1) is 6.92 Å². The van der Waals surface area contributed by atoms with Crippen molar-refractivity contribution >= 4 is 5.91 Å². The molecule has 0 aliphatic rings. The molecule has 98 valence electrons. The van der Waals surface area contributed by atoms with Crippen LogP contribution in [0.4, 0.5) is 0 Å². The highest BCUT2D eigenvalue weighted by atomic mass is 16.2. The van der Waals surface area contributed by atoms with Gasteiger partial charge in [-0.2, -0.15) is 0 Å². The van der Waals surface area contributed by atoms with Gasteiger partial charge in [-0.3, -0.25) is 9.78 Å². The maximum atomic E-state index is 11.9. The van der Waals surface area contributed by atoms with Crippen LogP contribution in [0.1, 0.15) is 22.9 Å². The number of hydrogen-bond acceptors (Lipinski definition) is 3. The fourth-order valence-electron chi connectivity index (χ4n) is 1.71. The second-order valence-corrected chi connectivity index (χ2v) is 4.41. The molecule has 0 aliphatic carbocycles. The number of hydrogen-bond donors (Lipinski definition) is 2. The number of pyridine rings is 1. The molecule has 4 nitrogen and oxygen atoms in total. The molecule has 2 rings (SSSR count). The number of aryl methyl sites for hydroxylation is 1. The quantitative estimate of drug-likeness (QED) is 0.873. The Labute approximate surface area is 112 Å². The van der Waals surface area contributed by atoms with Gasteiger partial charge in [0.2, 0.25) is 5.91 Å². The first-order valence-electron chi connectivity index (χ1n) is 6.16. The first-order valence-corrected chi connectivity index (χ1v) is 6.16. The Bertz CT molecular complexity index is 537. The summed E-state index contributed by atoms with van der Waals surface area (Å²) in [6, 6.07) is 12.5. The molecule has 0 saturated heterocycles. The molecule has 0 spiro atoms. The summed E-state index contributed by atoms with van der Waals surface area (Å²) < 4.78 is 0. The summed E-state index contributed by atoms with van der Waals surface area (Å²) in [5.74, 6) is -0.188. The highest BCUT2D eigenvalue weighted by molar-refractivity contribution is 5.82. The van der Waals surface area contributed by atoms with Gasteiger partial charge in [-0.05, 0) is 24.1 Å². The number of carbonyl (C=O) groups is 1. The number of amides is 1. The lowest BCUT2D eigenvalue weighted by Crippen LogP contribution is -2.33. The average Bonchev–Trinajstić information content (AvgIpc) is 2.46. The Hall–Kier alpha value is -2.20. The van der Waals surface area contributed by atoms with E-state index in [0.29, 0.717) is 6.54 Å². The lowest BCUT2D eigenvalue weighted by molar-refractivity contribution is -0.122. The summed E-state index contributed by atoms with van der Waals surface area (Å²) in [5.41, 5.74) is 8.62. The third kappa shape index (κ3) is 3.63. The zero-order chi connectivity index (χ0) is 13.7. The number of nitrogens with two attached hydrogens (primary N) is 1. The van der Waals surface area contributed by atoms with E-state index < -0.39 is 6.04 Å². The molecule has 1 aromatic carbocycles. The van der Waals surface area contributed by atoms with Crippen LogP contribution < -0.4 is 11.1 Å². The lowest BCUT2D eigenvalue weighted by atomic mass is 10.1. The Morgan fingerprint density at radius 2 is 2.00 bits per heavy atom. The van der Waals surface area contributed by atoms with Crippen LogP contribution in [0.25, 0.3) is 0 Å². The van der Waals surface area contributed by atoms with E-state index in [4.69, 9.17) is 5.73 Å². The van der Waals surface area contributed by atoms with E-state index >= 15 is 0 Å². The van der Waals surface area contributed by atoms with E-state index in [0.717, 1.165) is 16.8 Å². The maximum Gasteiger partial charge on any atom is 0.241 e. The van der Waals surface area contributed by atoms with Crippen molar-refractivity contribution in [1.29, 1.82) is 0 Å². The van der Waals surface area contributed by atoms with Crippen molar-refractivity contribution in [2.24, 2.45) is 5.73 Å². The molecule has 2 aromatic rings. The molecular formula is C15H17N3O. The number of carbonyl (C=O) groups excluding carboxylic acids is 1. The summed E-state index contributed by atoms with van der Waals surface area (Å²) in [7, 11) is 0. The van der Waals surface area contributed by atoms with Crippen LogP contribution in [0.5, 0.6) is 0 Å². The normalized spacial score (nSPS) is 11.9. The molecule has 0 saturated carbocycles. The fraction of sp³-hybridized carbons (Fsp3) is 0.200. The summed E-state index contributed by atoms with van der Waals surface area (Å²) >= 11 is 0. The van der Waals surface area contributed by atoms with Crippen LogP contribution >= 0.6 is 0 Å². The Morgan fingerprint density at radius 1 is 1.26 bits per heavy atom. The van der Waals surface area contributed by atoms with Crippen molar-refractivity contribution in [2.45, 2.75) is 19.5 Å². The van der Waals surface area contributed by atoms with Crippen LogP contribution in [-0.2, 0) is 11.3 Å². The van der Waals surface area contributed by atoms with E-state index in [1.165, 1.54) is 0 Å². The Kier molecular flexibility index (Phi) is 4.26. The topological polar surface area (TPSA) is 68.0 Å². The Balaban J connectivity index is 1.93. The smallest absolute Gasteiger partial charge is 0.241 e. The van der Waals surface area contributed by atoms with Gasteiger partial charge in [0.05, 0.1) is 0 Å².